The Kier molecular flexibility index (Phi) is 4.82. The summed E-state index contributed by atoms with van der Waals surface area (Å²) in [6.07, 6.45) is 0. The van der Waals surface area contributed by atoms with Crippen molar-refractivity contribution in [3.8, 4) is 16.9 Å². The summed E-state index contributed by atoms with van der Waals surface area (Å²) in [5.74, 6) is -0.614. The second-order valence-electron chi connectivity index (χ2n) is 4.25. The topological polar surface area (TPSA) is 66.4 Å². The molecule has 2 aromatic carbocycles. The SMILES string of the molecule is O=S(=O)(NCCCl)c1ccc(-c2c(O)cccc2F)cc1. The van der Waals surface area contributed by atoms with E-state index in [1.54, 1.807) is 0 Å². The van der Waals surface area contributed by atoms with Crippen molar-refractivity contribution in [1.29, 1.82) is 0 Å². The van der Waals surface area contributed by atoms with Crippen molar-refractivity contribution in [2.24, 2.45) is 0 Å². The molecule has 0 amide bonds. The lowest BCUT2D eigenvalue weighted by atomic mass is 10.0. The molecule has 2 aromatic rings. The van der Waals surface area contributed by atoms with Gasteiger partial charge < -0.3 is 5.11 Å². The molecular formula is C14H13ClFNO3S. The van der Waals surface area contributed by atoms with Gasteiger partial charge in [-0.1, -0.05) is 18.2 Å². The molecule has 0 unspecified atom stereocenters. The number of phenols is 1. The smallest absolute Gasteiger partial charge is 0.240 e. The standard InChI is InChI=1S/C14H13ClFNO3S/c15-8-9-17-21(19,20)11-6-4-10(5-7-11)14-12(16)2-1-3-13(14)18/h1-7,17-18H,8-9H2. The fraction of sp³-hybridized carbons (Fsp3) is 0.143. The van der Waals surface area contributed by atoms with Crippen LogP contribution < -0.4 is 4.72 Å². The fourth-order valence-electron chi connectivity index (χ4n) is 1.86. The second kappa shape index (κ2) is 6.43. The van der Waals surface area contributed by atoms with Gasteiger partial charge in [0.05, 0.1) is 10.5 Å². The molecule has 4 nitrogen and oxygen atoms in total. The molecule has 0 radical (unpaired) electrons. The number of nitrogens with one attached hydrogen (secondary N) is 1. The van der Waals surface area contributed by atoms with Gasteiger partial charge in [0.2, 0.25) is 10.0 Å². The van der Waals surface area contributed by atoms with Gasteiger partial charge in [0.15, 0.2) is 0 Å². The third-order valence-electron chi connectivity index (χ3n) is 2.83. The van der Waals surface area contributed by atoms with E-state index in [2.05, 4.69) is 4.72 Å². The number of hydrogen-bond donors (Lipinski definition) is 2. The van der Waals surface area contributed by atoms with Gasteiger partial charge in [-0.3, -0.25) is 0 Å². The summed E-state index contributed by atoms with van der Waals surface area (Å²) < 4.78 is 39.8. The number of alkyl halides is 1. The summed E-state index contributed by atoms with van der Waals surface area (Å²) in [4.78, 5) is 0.0483. The number of hydrogen-bond acceptors (Lipinski definition) is 3. The van der Waals surface area contributed by atoms with Crippen molar-refractivity contribution in [3.05, 3.63) is 48.3 Å². The highest BCUT2D eigenvalue weighted by molar-refractivity contribution is 7.89. The first-order valence-corrected chi connectivity index (χ1v) is 8.11. The van der Waals surface area contributed by atoms with Gasteiger partial charge in [-0.05, 0) is 29.8 Å². The van der Waals surface area contributed by atoms with E-state index in [-0.39, 0.29) is 28.6 Å². The molecule has 0 aliphatic carbocycles. The maximum atomic E-state index is 13.7. The van der Waals surface area contributed by atoms with E-state index in [1.165, 1.54) is 42.5 Å². The first-order chi connectivity index (χ1) is 9.95. The van der Waals surface area contributed by atoms with E-state index in [1.807, 2.05) is 0 Å². The Bertz CT molecular complexity index is 712. The van der Waals surface area contributed by atoms with E-state index in [0.29, 0.717) is 5.56 Å². The van der Waals surface area contributed by atoms with Crippen LogP contribution in [-0.2, 0) is 10.0 Å². The zero-order valence-electron chi connectivity index (χ0n) is 10.9. The molecule has 2 N–H and O–H groups in total. The summed E-state index contributed by atoms with van der Waals surface area (Å²) in [7, 11) is -3.63. The van der Waals surface area contributed by atoms with E-state index in [4.69, 9.17) is 11.6 Å². The maximum absolute atomic E-state index is 13.7. The molecule has 0 aliphatic heterocycles. The molecule has 21 heavy (non-hydrogen) atoms. The molecule has 0 saturated carbocycles. The average molecular weight is 330 g/mol. The minimum absolute atomic E-state index is 0.0372. The molecule has 112 valence electrons. The van der Waals surface area contributed by atoms with Crippen LogP contribution in [0.3, 0.4) is 0 Å². The Hall–Kier alpha value is -1.63. The normalized spacial score (nSPS) is 11.5. The third-order valence-corrected chi connectivity index (χ3v) is 4.50. The maximum Gasteiger partial charge on any atom is 0.240 e. The molecule has 2 rings (SSSR count). The van der Waals surface area contributed by atoms with Gasteiger partial charge in [-0.25, -0.2) is 17.5 Å². The monoisotopic (exact) mass is 329 g/mol. The van der Waals surface area contributed by atoms with Crippen LogP contribution in [0.1, 0.15) is 0 Å². The highest BCUT2D eigenvalue weighted by Crippen LogP contribution is 2.31. The Morgan fingerprint density at radius 3 is 2.38 bits per heavy atom. The van der Waals surface area contributed by atoms with Crippen molar-refractivity contribution in [3.63, 3.8) is 0 Å². The van der Waals surface area contributed by atoms with Crippen LogP contribution in [0.4, 0.5) is 4.39 Å². The minimum atomic E-state index is -3.63. The zero-order chi connectivity index (χ0) is 15.5. The fourth-order valence-corrected chi connectivity index (χ4v) is 3.09. The van der Waals surface area contributed by atoms with Gasteiger partial charge in [-0.2, -0.15) is 0 Å². The van der Waals surface area contributed by atoms with Gasteiger partial charge in [0.1, 0.15) is 11.6 Å². The minimum Gasteiger partial charge on any atom is -0.507 e. The van der Waals surface area contributed by atoms with Crippen LogP contribution in [0.15, 0.2) is 47.4 Å². The molecule has 0 aromatic heterocycles. The van der Waals surface area contributed by atoms with Crippen molar-refractivity contribution in [2.45, 2.75) is 4.90 Å². The van der Waals surface area contributed by atoms with E-state index >= 15 is 0 Å². The zero-order valence-corrected chi connectivity index (χ0v) is 12.5. The molecule has 7 heteroatoms. The van der Waals surface area contributed by atoms with Crippen molar-refractivity contribution >= 4 is 21.6 Å². The number of sulfonamides is 1. The summed E-state index contributed by atoms with van der Waals surface area (Å²) in [6, 6.07) is 9.55. The van der Waals surface area contributed by atoms with Crippen LogP contribution in [0.25, 0.3) is 11.1 Å². The Morgan fingerprint density at radius 1 is 1.14 bits per heavy atom. The molecule has 0 fully saturated rings. The second-order valence-corrected chi connectivity index (χ2v) is 6.39. The quantitative estimate of drug-likeness (QED) is 0.829. The van der Waals surface area contributed by atoms with Gasteiger partial charge in [0.25, 0.3) is 0 Å². The number of rotatable bonds is 5. The molecule has 0 aliphatic rings. The van der Waals surface area contributed by atoms with Crippen LogP contribution in [-0.4, -0.2) is 25.9 Å². The third kappa shape index (κ3) is 3.53. The lowest BCUT2D eigenvalue weighted by Gasteiger charge is -2.08. The van der Waals surface area contributed by atoms with E-state index in [9.17, 15) is 17.9 Å². The van der Waals surface area contributed by atoms with Crippen LogP contribution in [0, 0.1) is 5.82 Å². The summed E-state index contributed by atoms with van der Waals surface area (Å²) in [6.45, 7) is 0.125. The summed E-state index contributed by atoms with van der Waals surface area (Å²) in [5, 5.41) is 9.70. The van der Waals surface area contributed by atoms with Crippen LogP contribution in [0.2, 0.25) is 0 Å². The highest BCUT2D eigenvalue weighted by Gasteiger charge is 2.15. The highest BCUT2D eigenvalue weighted by atomic mass is 35.5. The number of aromatic hydroxyl groups is 1. The van der Waals surface area contributed by atoms with E-state index < -0.39 is 15.8 Å². The molecule has 0 saturated heterocycles. The lowest BCUT2D eigenvalue weighted by molar-refractivity contribution is 0.472. The molecule has 0 bridgehead atoms. The number of benzene rings is 2. The Morgan fingerprint density at radius 2 is 1.81 bits per heavy atom. The summed E-state index contributed by atoms with van der Waals surface area (Å²) >= 11 is 5.44. The molecule has 0 heterocycles. The number of halogens is 2. The first kappa shape index (κ1) is 15.8. The van der Waals surface area contributed by atoms with Crippen LogP contribution in [0.5, 0.6) is 5.75 Å². The van der Waals surface area contributed by atoms with Crippen molar-refractivity contribution in [1.82, 2.24) is 4.72 Å². The van der Waals surface area contributed by atoms with Crippen LogP contribution >= 0.6 is 11.6 Å². The van der Waals surface area contributed by atoms with Crippen molar-refractivity contribution in [2.75, 3.05) is 12.4 Å². The van der Waals surface area contributed by atoms with Gasteiger partial charge in [-0.15, -0.1) is 11.6 Å². The number of phenolic OH excluding ortho intramolecular Hbond substituents is 1. The van der Waals surface area contributed by atoms with Crippen molar-refractivity contribution < 1.29 is 17.9 Å². The van der Waals surface area contributed by atoms with Gasteiger partial charge >= 0.3 is 0 Å². The predicted molar refractivity (Wildman–Crippen MR) is 79.4 cm³/mol. The Balaban J connectivity index is 2.36. The molecule has 0 atom stereocenters. The predicted octanol–water partition coefficient (Wildman–Crippen LogP) is 2.72. The summed E-state index contributed by atoms with van der Waals surface area (Å²) in [5.41, 5.74) is 0.428. The lowest BCUT2D eigenvalue weighted by Crippen LogP contribution is -2.25. The largest absolute Gasteiger partial charge is 0.507 e. The first-order valence-electron chi connectivity index (χ1n) is 6.09. The average Bonchev–Trinajstić information content (AvgIpc) is 2.45. The molecule has 0 spiro atoms. The molecular weight excluding hydrogens is 317 g/mol. The Labute approximate surface area is 127 Å². The van der Waals surface area contributed by atoms with Gasteiger partial charge in [0, 0.05) is 12.4 Å². The van der Waals surface area contributed by atoms with E-state index in [0.717, 1.165) is 0 Å².